The van der Waals surface area contributed by atoms with Crippen LogP contribution in [0.5, 0.6) is 0 Å². The van der Waals surface area contributed by atoms with E-state index < -0.39 is 0 Å². The highest BCUT2D eigenvalue weighted by molar-refractivity contribution is 5.44. The molecule has 0 saturated carbocycles. The smallest absolute Gasteiger partial charge is 0.129 e. The number of anilines is 1. The molecule has 1 atom stereocenters. The highest BCUT2D eigenvalue weighted by Gasteiger charge is 2.22. The van der Waals surface area contributed by atoms with Crippen molar-refractivity contribution in [1.82, 2.24) is 10.3 Å². The summed E-state index contributed by atoms with van der Waals surface area (Å²) in [6.07, 6.45) is 2.25. The third-order valence-electron chi connectivity index (χ3n) is 4.05. The second kappa shape index (κ2) is 7.76. The van der Waals surface area contributed by atoms with Crippen LogP contribution in [0.25, 0.3) is 0 Å². The van der Waals surface area contributed by atoms with Crippen molar-refractivity contribution in [1.29, 1.82) is 0 Å². The van der Waals surface area contributed by atoms with Crippen LogP contribution in [0, 0.1) is 0 Å². The van der Waals surface area contributed by atoms with Crippen molar-refractivity contribution in [2.45, 2.75) is 52.1 Å². The first-order valence-corrected chi connectivity index (χ1v) is 8.14. The van der Waals surface area contributed by atoms with E-state index in [9.17, 15) is 0 Å². The fourth-order valence-corrected chi connectivity index (χ4v) is 2.60. The summed E-state index contributed by atoms with van der Waals surface area (Å²) < 4.78 is 5.51. The van der Waals surface area contributed by atoms with Gasteiger partial charge in [-0.3, -0.25) is 0 Å². The van der Waals surface area contributed by atoms with Gasteiger partial charge in [0.2, 0.25) is 0 Å². The van der Waals surface area contributed by atoms with Crippen molar-refractivity contribution < 1.29 is 4.74 Å². The third kappa shape index (κ3) is 4.42. The Morgan fingerprint density at radius 1 is 1.43 bits per heavy atom. The van der Waals surface area contributed by atoms with Crippen LogP contribution in [-0.2, 0) is 11.3 Å². The summed E-state index contributed by atoms with van der Waals surface area (Å²) in [4.78, 5) is 7.13. The second-order valence-corrected chi connectivity index (χ2v) is 6.22. The lowest BCUT2D eigenvalue weighted by Crippen LogP contribution is -2.32. The minimum atomic E-state index is 0.447. The summed E-state index contributed by atoms with van der Waals surface area (Å²) in [6.45, 7) is 10.2. The van der Waals surface area contributed by atoms with E-state index in [0.29, 0.717) is 12.0 Å². The van der Waals surface area contributed by atoms with Gasteiger partial charge < -0.3 is 15.0 Å². The van der Waals surface area contributed by atoms with Gasteiger partial charge in [0.25, 0.3) is 0 Å². The summed E-state index contributed by atoms with van der Waals surface area (Å²) in [5.41, 5.74) is 2.49. The topological polar surface area (TPSA) is 37.4 Å². The summed E-state index contributed by atoms with van der Waals surface area (Å²) in [5.74, 6) is 1.52. The minimum Gasteiger partial charge on any atom is -0.379 e. The van der Waals surface area contributed by atoms with E-state index >= 15 is 0 Å². The quantitative estimate of drug-likeness (QED) is 0.784. The zero-order chi connectivity index (χ0) is 15.2. The van der Waals surface area contributed by atoms with Gasteiger partial charge in [-0.25, -0.2) is 4.98 Å². The predicted octanol–water partition coefficient (Wildman–Crippen LogP) is 2.93. The molecule has 0 aromatic carbocycles. The van der Waals surface area contributed by atoms with E-state index in [1.165, 1.54) is 11.3 Å². The molecule has 0 aliphatic carbocycles. The summed E-state index contributed by atoms with van der Waals surface area (Å²) in [5, 5.41) is 3.48. The Hall–Kier alpha value is -1.13. The number of hydrogen-bond acceptors (Lipinski definition) is 4. The van der Waals surface area contributed by atoms with Gasteiger partial charge in [0, 0.05) is 25.9 Å². The van der Waals surface area contributed by atoms with Crippen LogP contribution in [0.1, 0.15) is 50.8 Å². The summed E-state index contributed by atoms with van der Waals surface area (Å²) in [6, 6.07) is 4.90. The van der Waals surface area contributed by atoms with Gasteiger partial charge in [-0.15, -0.1) is 0 Å². The molecule has 1 aliphatic heterocycles. The number of nitrogens with one attached hydrogen (secondary N) is 1. The van der Waals surface area contributed by atoms with Crippen LogP contribution in [0.15, 0.2) is 12.1 Å². The van der Waals surface area contributed by atoms with Crippen LogP contribution < -0.4 is 10.2 Å². The minimum absolute atomic E-state index is 0.447. The van der Waals surface area contributed by atoms with Gasteiger partial charge in [-0.05, 0) is 43.0 Å². The third-order valence-corrected chi connectivity index (χ3v) is 4.05. The molecule has 118 valence electrons. The number of nitrogens with zero attached hydrogens (tertiary/aromatic N) is 2. The number of rotatable bonds is 7. The van der Waals surface area contributed by atoms with Gasteiger partial charge in [0.15, 0.2) is 0 Å². The standard InChI is InChI=1S/C17H29N3O/c1-5-7-18-11-14-9-16(13(2)3)19-17(10-14)20(4)15-6-8-21-12-15/h9-10,13,15,18H,5-8,11-12H2,1-4H3. The van der Waals surface area contributed by atoms with Crippen molar-refractivity contribution in [3.63, 3.8) is 0 Å². The van der Waals surface area contributed by atoms with Gasteiger partial charge in [-0.2, -0.15) is 0 Å². The van der Waals surface area contributed by atoms with Crippen molar-refractivity contribution in [2.75, 3.05) is 31.7 Å². The zero-order valence-corrected chi connectivity index (χ0v) is 13.9. The van der Waals surface area contributed by atoms with Crippen molar-refractivity contribution in [3.8, 4) is 0 Å². The lowest BCUT2D eigenvalue weighted by molar-refractivity contribution is 0.193. The molecule has 1 saturated heterocycles. The van der Waals surface area contributed by atoms with E-state index in [0.717, 1.165) is 45.0 Å². The molecular weight excluding hydrogens is 262 g/mol. The van der Waals surface area contributed by atoms with Gasteiger partial charge in [0.05, 0.1) is 12.6 Å². The van der Waals surface area contributed by atoms with E-state index in [2.05, 4.69) is 50.2 Å². The van der Waals surface area contributed by atoms with Crippen LogP contribution in [0.4, 0.5) is 5.82 Å². The molecule has 1 unspecified atom stereocenters. The number of hydrogen-bond donors (Lipinski definition) is 1. The lowest BCUT2D eigenvalue weighted by atomic mass is 10.1. The van der Waals surface area contributed by atoms with Crippen molar-refractivity contribution >= 4 is 5.82 Å². The molecule has 0 spiro atoms. The molecule has 4 heteroatoms. The van der Waals surface area contributed by atoms with Crippen molar-refractivity contribution in [3.05, 3.63) is 23.4 Å². The van der Waals surface area contributed by atoms with Crippen LogP contribution in [0.3, 0.4) is 0 Å². The molecule has 1 aromatic heterocycles. The first-order valence-electron chi connectivity index (χ1n) is 8.14. The molecule has 1 N–H and O–H groups in total. The van der Waals surface area contributed by atoms with Gasteiger partial charge in [0.1, 0.15) is 5.82 Å². The first kappa shape index (κ1) is 16.2. The van der Waals surface area contributed by atoms with Gasteiger partial charge >= 0.3 is 0 Å². The Labute approximate surface area is 128 Å². The van der Waals surface area contributed by atoms with Crippen LogP contribution in [0.2, 0.25) is 0 Å². The molecule has 0 amide bonds. The average molecular weight is 291 g/mol. The molecule has 2 rings (SSSR count). The largest absolute Gasteiger partial charge is 0.379 e. The SMILES string of the molecule is CCCNCc1cc(C(C)C)nc(N(C)C2CCOC2)c1. The maximum absolute atomic E-state index is 5.51. The van der Waals surface area contributed by atoms with E-state index in [1.807, 2.05) is 0 Å². The Kier molecular flexibility index (Phi) is 6.00. The van der Waals surface area contributed by atoms with Crippen LogP contribution >= 0.6 is 0 Å². The highest BCUT2D eigenvalue weighted by atomic mass is 16.5. The molecule has 1 aliphatic rings. The molecule has 1 fully saturated rings. The molecule has 1 aromatic rings. The highest BCUT2D eigenvalue weighted by Crippen LogP contribution is 2.23. The predicted molar refractivity (Wildman–Crippen MR) is 88.0 cm³/mol. The Morgan fingerprint density at radius 2 is 2.24 bits per heavy atom. The van der Waals surface area contributed by atoms with E-state index in [1.54, 1.807) is 0 Å². The van der Waals surface area contributed by atoms with E-state index in [-0.39, 0.29) is 0 Å². The monoisotopic (exact) mass is 291 g/mol. The molecule has 21 heavy (non-hydrogen) atoms. The average Bonchev–Trinajstić information content (AvgIpc) is 3.00. The molecular formula is C17H29N3O. The fraction of sp³-hybridized carbons (Fsp3) is 0.706. The van der Waals surface area contributed by atoms with Crippen molar-refractivity contribution in [2.24, 2.45) is 0 Å². The molecule has 0 radical (unpaired) electrons. The van der Waals surface area contributed by atoms with Crippen LogP contribution in [-0.4, -0.2) is 37.8 Å². The maximum atomic E-state index is 5.51. The molecule has 4 nitrogen and oxygen atoms in total. The molecule has 2 heterocycles. The molecule has 0 bridgehead atoms. The first-order chi connectivity index (χ1) is 10.1. The summed E-state index contributed by atoms with van der Waals surface area (Å²) >= 11 is 0. The fourth-order valence-electron chi connectivity index (χ4n) is 2.60. The van der Waals surface area contributed by atoms with E-state index in [4.69, 9.17) is 9.72 Å². The lowest BCUT2D eigenvalue weighted by Gasteiger charge is -2.26. The normalized spacial score (nSPS) is 18.4. The summed E-state index contributed by atoms with van der Waals surface area (Å²) in [7, 11) is 2.13. The number of pyridine rings is 1. The Morgan fingerprint density at radius 3 is 2.86 bits per heavy atom. The number of ether oxygens (including phenoxy) is 1. The zero-order valence-electron chi connectivity index (χ0n) is 13.9. The Bertz CT molecular complexity index is 442. The maximum Gasteiger partial charge on any atom is 0.129 e. The Balaban J connectivity index is 2.17. The number of aromatic nitrogens is 1. The second-order valence-electron chi connectivity index (χ2n) is 6.22. The number of likely N-dealkylation sites (N-methyl/N-ethyl adjacent to an activating group) is 1. The van der Waals surface area contributed by atoms with Gasteiger partial charge in [-0.1, -0.05) is 20.8 Å².